The summed E-state index contributed by atoms with van der Waals surface area (Å²) in [6.45, 7) is 40.6. The van der Waals surface area contributed by atoms with Gasteiger partial charge in [-0.25, -0.2) is 0 Å². The maximum Gasteiger partial charge on any atom is 0.246 e. The quantitative estimate of drug-likeness (QED) is 0.130. The molecule has 1 fully saturated rings. The summed E-state index contributed by atoms with van der Waals surface area (Å²) in [6, 6.07) is -9.16. The average Bonchev–Trinajstić information content (AvgIpc) is 0.794. The number of hydrogen-bond donors (Lipinski definition) is 2. The van der Waals surface area contributed by atoms with Crippen molar-refractivity contribution in [1.29, 1.82) is 0 Å². The zero-order valence-corrected chi connectivity index (χ0v) is 63.5. The fraction of sp³-hybridized carbons (Fsp3) is 0.843. The Bertz CT molecular complexity index is 2510. The highest BCUT2D eigenvalue weighted by atomic mass is 28.4. The third-order valence-electron chi connectivity index (χ3n) is 19.6. The SMILES string of the molecule is CC[C@H]1CC(=O)[C@@H]([C@H](O[Si](C)(C)C(C)(C)C)[C@H](C)CCO)N(C)C(=O)[C@@H](C(C)C)N(C)C(=O)[C@@H](CC(C)C)N(C)C(=O)[C@@H](CC(C)C)N(C)C(=O)[C@H](C)NC(=O)[C@@H](C)CC(=O)[C@@H](CC(C)C)N(C)C(=O)[C@@H](C(C)C)CC(=O)[C@H](CC(C)C)N(C)C(=O)[C@@H](C)N(C)C1=O. The molecule has 530 valence electrons. The molecule has 0 aromatic carbocycles. The van der Waals surface area contributed by atoms with Crippen molar-refractivity contribution in [1.82, 2.24) is 39.6 Å². The van der Waals surface area contributed by atoms with Crippen molar-refractivity contribution in [3.63, 3.8) is 0 Å². The molecule has 0 radical (unpaired) electrons. The van der Waals surface area contributed by atoms with Crippen LogP contribution in [0.25, 0.3) is 0 Å². The molecule has 1 saturated heterocycles. The van der Waals surface area contributed by atoms with Crippen LogP contribution in [0.3, 0.4) is 0 Å². The van der Waals surface area contributed by atoms with Crippen molar-refractivity contribution >= 4 is 72.9 Å². The Kier molecular flexibility index (Phi) is 33.9. The molecule has 0 unspecified atom stereocenters. The summed E-state index contributed by atoms with van der Waals surface area (Å²) in [5.41, 5.74) is 0. The van der Waals surface area contributed by atoms with Gasteiger partial charge >= 0.3 is 0 Å². The molecule has 2 N–H and O–H groups in total. The zero-order valence-electron chi connectivity index (χ0n) is 62.5. The molecule has 0 aliphatic carbocycles. The predicted molar refractivity (Wildman–Crippen MR) is 365 cm³/mol. The molecule has 21 nitrogen and oxygen atoms in total. The molecule has 92 heavy (non-hydrogen) atoms. The Labute approximate surface area is 556 Å². The van der Waals surface area contributed by atoms with Crippen LogP contribution in [0, 0.1) is 59.2 Å². The lowest BCUT2D eigenvalue weighted by molar-refractivity contribution is -0.157. The van der Waals surface area contributed by atoms with Gasteiger partial charge in [0, 0.05) is 93.0 Å². The monoisotopic (exact) mass is 1320 g/mol. The maximum atomic E-state index is 15.7. The zero-order chi connectivity index (χ0) is 71.8. The second kappa shape index (κ2) is 36.7. The van der Waals surface area contributed by atoms with Gasteiger partial charge < -0.3 is 49.1 Å². The Morgan fingerprint density at radius 3 is 1.30 bits per heavy atom. The van der Waals surface area contributed by atoms with E-state index in [1.807, 2.05) is 110 Å². The smallest absolute Gasteiger partial charge is 0.246 e. The van der Waals surface area contributed by atoms with E-state index in [0.717, 1.165) is 0 Å². The molecular weight excluding hydrogens is 1190 g/mol. The van der Waals surface area contributed by atoms with Crippen LogP contribution >= 0.6 is 0 Å². The van der Waals surface area contributed by atoms with Gasteiger partial charge in [-0.15, -0.1) is 0 Å². The summed E-state index contributed by atoms with van der Waals surface area (Å²) in [4.78, 5) is 174. The Balaban J connectivity index is 4.58. The lowest BCUT2D eigenvalue weighted by Crippen LogP contribution is -2.63. The minimum absolute atomic E-state index is 0.0716. The Morgan fingerprint density at radius 2 is 0.891 bits per heavy atom. The number of aliphatic hydroxyl groups excluding tert-OH is 1. The normalized spacial score (nSPS) is 27.2. The largest absolute Gasteiger partial charge is 0.411 e. The molecule has 13 atom stereocenters. The Morgan fingerprint density at radius 1 is 0.489 bits per heavy atom. The van der Waals surface area contributed by atoms with Crippen LogP contribution < -0.4 is 5.32 Å². The van der Waals surface area contributed by atoms with Crippen molar-refractivity contribution in [2.24, 2.45) is 59.2 Å². The number of amides is 8. The topological polar surface area (TPSA) is 252 Å². The number of aliphatic hydroxyl groups is 1. The van der Waals surface area contributed by atoms with Crippen molar-refractivity contribution in [2.45, 2.75) is 269 Å². The second-order valence-corrected chi connectivity index (χ2v) is 35.7. The van der Waals surface area contributed by atoms with Gasteiger partial charge in [0.05, 0.1) is 18.2 Å². The molecule has 0 spiro atoms. The number of hydrogen-bond acceptors (Lipinski definition) is 13. The second-order valence-electron chi connectivity index (χ2n) is 31.0. The number of ketones is 3. The molecule has 1 aliphatic heterocycles. The minimum atomic E-state index is -2.82. The van der Waals surface area contributed by atoms with E-state index in [1.54, 1.807) is 34.6 Å². The summed E-state index contributed by atoms with van der Waals surface area (Å²) < 4.78 is 7.20. The number of carbonyl (C=O) groups excluding carboxylic acids is 11. The first-order chi connectivity index (χ1) is 42.1. The number of rotatable bonds is 17. The van der Waals surface area contributed by atoms with E-state index in [2.05, 4.69) is 5.32 Å². The highest BCUT2D eigenvalue weighted by molar-refractivity contribution is 6.74. The standard InChI is InChI=1S/C70H128N8O13Si/c1-30-50-38-58(82)60(61(46(14)31-32-79)91-92(28,29)70(18,19)20)78(27)69(90)59(45(12)13)77(26)68(89)55(36-43(8)9)76(25)67(88)54(35-42(6)7)75(24)63(84)48(16)71-62(83)47(15)37-56(80)52(33-40(2)3)74(23)66(87)51(44(10)11)39-57(81)53(34-41(4)5)73(22)64(85)49(17)72(21)65(50)86/h40-55,59-61,79H,30-39H2,1-29H3,(H,71,83)/t46-,47+,48+,49-,50+,51-,52-,53+,54-,55-,59-,60+,61-/m1/s1. The van der Waals surface area contributed by atoms with E-state index in [0.29, 0.717) is 0 Å². The van der Waals surface area contributed by atoms with Crippen LogP contribution in [0.1, 0.15) is 196 Å². The average molecular weight is 1320 g/mol. The fourth-order valence-electron chi connectivity index (χ4n) is 12.3. The van der Waals surface area contributed by atoms with Crippen molar-refractivity contribution < 1.29 is 62.3 Å². The van der Waals surface area contributed by atoms with Gasteiger partial charge in [0.2, 0.25) is 47.3 Å². The summed E-state index contributed by atoms with van der Waals surface area (Å²) in [5.74, 6) is -10.6. The first kappa shape index (κ1) is 84.9. The van der Waals surface area contributed by atoms with Crippen LogP contribution in [-0.2, 0) is 57.2 Å². The number of nitrogens with one attached hydrogen (secondary N) is 1. The lowest BCUT2D eigenvalue weighted by Gasteiger charge is -2.46. The maximum absolute atomic E-state index is 15.7. The first-order valence-corrected chi connectivity index (χ1v) is 37.0. The van der Waals surface area contributed by atoms with E-state index in [-0.39, 0.29) is 105 Å². The molecule has 0 aromatic heterocycles. The summed E-state index contributed by atoms with van der Waals surface area (Å²) in [5, 5.41) is 12.9. The molecule has 0 saturated carbocycles. The van der Waals surface area contributed by atoms with Crippen LogP contribution in [-0.4, -0.2) is 223 Å². The molecule has 0 aromatic rings. The summed E-state index contributed by atoms with van der Waals surface area (Å²) >= 11 is 0. The van der Waals surface area contributed by atoms with Gasteiger partial charge in [0.15, 0.2) is 25.7 Å². The van der Waals surface area contributed by atoms with Crippen molar-refractivity contribution in [3.8, 4) is 0 Å². The van der Waals surface area contributed by atoms with E-state index in [1.165, 1.54) is 90.6 Å². The molecule has 1 aliphatic rings. The molecule has 0 bridgehead atoms. The third-order valence-corrected chi connectivity index (χ3v) is 24.1. The van der Waals surface area contributed by atoms with E-state index in [9.17, 15) is 38.7 Å². The first-order valence-electron chi connectivity index (χ1n) is 34.1. The summed E-state index contributed by atoms with van der Waals surface area (Å²) in [7, 11) is 7.66. The van der Waals surface area contributed by atoms with Gasteiger partial charge in [-0.2, -0.15) is 0 Å². The van der Waals surface area contributed by atoms with Gasteiger partial charge in [-0.3, -0.25) is 52.7 Å². The molecular formula is C70H128N8O13Si. The highest BCUT2D eigenvalue weighted by Gasteiger charge is 2.49. The number of carbonyl (C=O) groups is 11. The van der Waals surface area contributed by atoms with Crippen LogP contribution in [0.2, 0.25) is 18.1 Å². The van der Waals surface area contributed by atoms with Gasteiger partial charge in [0.25, 0.3) is 0 Å². The van der Waals surface area contributed by atoms with Crippen LogP contribution in [0.4, 0.5) is 0 Å². The molecule has 8 amide bonds. The van der Waals surface area contributed by atoms with E-state index < -0.39 is 151 Å². The van der Waals surface area contributed by atoms with Gasteiger partial charge in [-0.05, 0) is 112 Å². The Hall–Kier alpha value is -5.09. The fourth-order valence-corrected chi connectivity index (χ4v) is 13.7. The number of nitrogens with zero attached hydrogens (tertiary/aromatic N) is 7. The van der Waals surface area contributed by atoms with E-state index >= 15 is 19.2 Å². The van der Waals surface area contributed by atoms with Crippen molar-refractivity contribution in [3.05, 3.63) is 0 Å². The summed E-state index contributed by atoms with van der Waals surface area (Å²) in [6.07, 6.45) is -0.780. The molecule has 1 rings (SSSR count). The van der Waals surface area contributed by atoms with Crippen LogP contribution in [0.15, 0.2) is 0 Å². The molecule has 22 heteroatoms. The van der Waals surface area contributed by atoms with Crippen LogP contribution in [0.5, 0.6) is 0 Å². The number of Topliss-reactive ketones (excluding diaryl/α,β-unsaturated/α-hetero) is 3. The third kappa shape index (κ3) is 22.8. The number of likely N-dealkylation sites (N-methyl/N-ethyl adjacent to an activating group) is 7. The molecule has 1 heterocycles. The van der Waals surface area contributed by atoms with Crippen molar-refractivity contribution in [2.75, 3.05) is 55.9 Å². The van der Waals surface area contributed by atoms with Gasteiger partial charge in [0.1, 0.15) is 36.3 Å². The highest BCUT2D eigenvalue weighted by Crippen LogP contribution is 2.40. The predicted octanol–water partition coefficient (Wildman–Crippen LogP) is 8.38. The van der Waals surface area contributed by atoms with E-state index in [4.69, 9.17) is 4.43 Å². The van der Waals surface area contributed by atoms with Gasteiger partial charge in [-0.1, -0.05) is 125 Å². The lowest BCUT2D eigenvalue weighted by atomic mass is 9.84. The minimum Gasteiger partial charge on any atom is -0.411 e.